The van der Waals surface area contributed by atoms with Gasteiger partial charge in [0.1, 0.15) is 17.2 Å². The highest BCUT2D eigenvalue weighted by molar-refractivity contribution is 5.93. The smallest absolute Gasteiger partial charge is 0.339 e. The number of carboxylic acids is 1. The highest BCUT2D eigenvalue weighted by Gasteiger charge is 2.25. The molecule has 19 heavy (non-hydrogen) atoms. The van der Waals surface area contributed by atoms with Crippen molar-refractivity contribution in [2.24, 2.45) is 0 Å². The van der Waals surface area contributed by atoms with E-state index in [2.05, 4.69) is 16.9 Å². The van der Waals surface area contributed by atoms with Gasteiger partial charge in [0, 0.05) is 13.1 Å². The van der Waals surface area contributed by atoms with Crippen molar-refractivity contribution < 1.29 is 14.3 Å². The standard InChI is InChI=1S/C13H18FN3O2/c1-16-5-3-10(4-6-16)17(2)12-11(13(18)19)7-9(14)8-15-12/h7-8,10H,3-6H2,1-2H3,(H,18,19). The fourth-order valence-corrected chi connectivity index (χ4v) is 2.43. The van der Waals surface area contributed by atoms with Crippen LogP contribution in [0.25, 0.3) is 0 Å². The molecule has 0 spiro atoms. The molecular formula is C13H18FN3O2. The largest absolute Gasteiger partial charge is 0.478 e. The van der Waals surface area contributed by atoms with Gasteiger partial charge in [-0.05, 0) is 39.0 Å². The summed E-state index contributed by atoms with van der Waals surface area (Å²) in [4.78, 5) is 19.2. The predicted octanol–water partition coefficient (Wildman–Crippen LogP) is 1.45. The van der Waals surface area contributed by atoms with Crippen LogP contribution < -0.4 is 4.90 Å². The van der Waals surface area contributed by atoms with Crippen molar-refractivity contribution in [1.29, 1.82) is 0 Å². The Bertz CT molecular complexity index is 473. The number of hydrogen-bond donors (Lipinski definition) is 1. The van der Waals surface area contributed by atoms with Gasteiger partial charge in [0.05, 0.1) is 6.20 Å². The second-order valence-electron chi connectivity index (χ2n) is 4.98. The van der Waals surface area contributed by atoms with Crippen molar-refractivity contribution >= 4 is 11.8 Å². The molecule has 0 bridgehead atoms. The lowest BCUT2D eigenvalue weighted by molar-refractivity contribution is 0.0696. The lowest BCUT2D eigenvalue weighted by atomic mass is 10.0. The molecule has 0 aromatic carbocycles. The van der Waals surface area contributed by atoms with E-state index in [9.17, 15) is 9.18 Å². The summed E-state index contributed by atoms with van der Waals surface area (Å²) in [6.07, 6.45) is 2.96. The fraction of sp³-hybridized carbons (Fsp3) is 0.538. The van der Waals surface area contributed by atoms with E-state index >= 15 is 0 Å². The van der Waals surface area contributed by atoms with Crippen LogP contribution >= 0.6 is 0 Å². The van der Waals surface area contributed by atoms with Gasteiger partial charge >= 0.3 is 5.97 Å². The number of rotatable bonds is 3. The maximum absolute atomic E-state index is 13.1. The van der Waals surface area contributed by atoms with Gasteiger partial charge in [-0.25, -0.2) is 14.2 Å². The molecule has 1 aliphatic heterocycles. The van der Waals surface area contributed by atoms with Crippen molar-refractivity contribution in [2.45, 2.75) is 18.9 Å². The van der Waals surface area contributed by atoms with Crippen LogP contribution in [-0.4, -0.2) is 54.2 Å². The first kappa shape index (κ1) is 13.7. The molecule has 5 nitrogen and oxygen atoms in total. The number of aromatic carboxylic acids is 1. The molecular weight excluding hydrogens is 249 g/mol. The SMILES string of the molecule is CN1CCC(N(C)c2ncc(F)cc2C(=O)O)CC1. The van der Waals surface area contributed by atoms with Crippen molar-refractivity contribution in [3.63, 3.8) is 0 Å². The van der Waals surface area contributed by atoms with E-state index in [0.717, 1.165) is 38.2 Å². The second kappa shape index (κ2) is 5.52. The molecule has 2 heterocycles. The average molecular weight is 267 g/mol. The summed E-state index contributed by atoms with van der Waals surface area (Å²) >= 11 is 0. The molecule has 1 saturated heterocycles. The number of carbonyl (C=O) groups is 1. The van der Waals surface area contributed by atoms with Gasteiger partial charge < -0.3 is 14.9 Å². The number of carboxylic acid groups (broad SMARTS) is 1. The van der Waals surface area contributed by atoms with Crippen LogP contribution in [-0.2, 0) is 0 Å². The lowest BCUT2D eigenvalue weighted by Crippen LogP contribution is -2.42. The molecule has 6 heteroatoms. The number of hydrogen-bond acceptors (Lipinski definition) is 4. The molecule has 1 aliphatic rings. The number of aromatic nitrogens is 1. The lowest BCUT2D eigenvalue weighted by Gasteiger charge is -2.36. The summed E-state index contributed by atoms with van der Waals surface area (Å²) in [6, 6.07) is 1.27. The molecule has 0 amide bonds. The van der Waals surface area contributed by atoms with E-state index in [4.69, 9.17) is 5.11 Å². The normalized spacial score (nSPS) is 17.4. The van der Waals surface area contributed by atoms with Crippen LogP contribution in [0.15, 0.2) is 12.3 Å². The minimum Gasteiger partial charge on any atom is -0.478 e. The average Bonchev–Trinajstić information content (AvgIpc) is 2.38. The summed E-state index contributed by atoms with van der Waals surface area (Å²) in [5.74, 6) is -1.44. The Kier molecular flexibility index (Phi) is 3.99. The fourth-order valence-electron chi connectivity index (χ4n) is 2.43. The van der Waals surface area contributed by atoms with Crippen molar-refractivity contribution in [3.8, 4) is 0 Å². The van der Waals surface area contributed by atoms with Gasteiger partial charge in [0.25, 0.3) is 0 Å². The molecule has 104 valence electrons. The third-order valence-electron chi connectivity index (χ3n) is 3.63. The second-order valence-corrected chi connectivity index (χ2v) is 4.98. The Balaban J connectivity index is 2.23. The zero-order valence-corrected chi connectivity index (χ0v) is 11.1. The van der Waals surface area contributed by atoms with Gasteiger partial charge in [0.2, 0.25) is 0 Å². The van der Waals surface area contributed by atoms with Gasteiger partial charge in [-0.2, -0.15) is 0 Å². The molecule has 2 rings (SSSR count). The summed E-state index contributed by atoms with van der Waals surface area (Å²) in [6.45, 7) is 1.94. The Hall–Kier alpha value is -1.69. The maximum atomic E-state index is 13.1. The summed E-state index contributed by atoms with van der Waals surface area (Å²) in [5, 5.41) is 9.14. The topological polar surface area (TPSA) is 56.7 Å². The van der Waals surface area contributed by atoms with E-state index in [-0.39, 0.29) is 11.6 Å². The molecule has 0 saturated carbocycles. The van der Waals surface area contributed by atoms with E-state index in [1.54, 1.807) is 0 Å². The summed E-state index contributed by atoms with van der Waals surface area (Å²) < 4.78 is 13.1. The monoisotopic (exact) mass is 267 g/mol. The van der Waals surface area contributed by atoms with Crippen LogP contribution in [0.3, 0.4) is 0 Å². The molecule has 1 fully saturated rings. The van der Waals surface area contributed by atoms with E-state index in [1.165, 1.54) is 0 Å². The van der Waals surface area contributed by atoms with Crippen molar-refractivity contribution in [2.75, 3.05) is 32.1 Å². The van der Waals surface area contributed by atoms with Crippen LogP contribution in [0, 0.1) is 5.82 Å². The number of likely N-dealkylation sites (tertiary alicyclic amines) is 1. The quantitative estimate of drug-likeness (QED) is 0.898. The number of halogens is 1. The number of piperidine rings is 1. The minimum atomic E-state index is -1.15. The Morgan fingerprint density at radius 2 is 2.16 bits per heavy atom. The third kappa shape index (κ3) is 3.01. The Morgan fingerprint density at radius 1 is 1.53 bits per heavy atom. The van der Waals surface area contributed by atoms with E-state index in [1.807, 2.05) is 11.9 Å². The first-order valence-corrected chi connectivity index (χ1v) is 6.29. The van der Waals surface area contributed by atoms with Crippen molar-refractivity contribution in [1.82, 2.24) is 9.88 Å². The van der Waals surface area contributed by atoms with Crippen molar-refractivity contribution in [3.05, 3.63) is 23.6 Å². The van der Waals surface area contributed by atoms with Gasteiger partial charge in [-0.3, -0.25) is 0 Å². The minimum absolute atomic E-state index is 0.0820. The van der Waals surface area contributed by atoms with Crippen LogP contribution in [0.4, 0.5) is 10.2 Å². The van der Waals surface area contributed by atoms with Crippen LogP contribution in [0.2, 0.25) is 0 Å². The first-order chi connectivity index (χ1) is 8.99. The highest BCUT2D eigenvalue weighted by Crippen LogP contribution is 2.23. The molecule has 1 aromatic heterocycles. The van der Waals surface area contributed by atoms with Gasteiger partial charge in [-0.1, -0.05) is 0 Å². The maximum Gasteiger partial charge on any atom is 0.339 e. The first-order valence-electron chi connectivity index (χ1n) is 6.29. The molecule has 0 radical (unpaired) electrons. The molecule has 1 N–H and O–H groups in total. The molecule has 0 unspecified atom stereocenters. The third-order valence-corrected chi connectivity index (χ3v) is 3.63. The summed E-state index contributed by atoms with van der Waals surface area (Å²) in [7, 11) is 3.89. The van der Waals surface area contributed by atoms with Gasteiger partial charge in [0.15, 0.2) is 0 Å². The molecule has 1 aromatic rings. The molecule has 0 aliphatic carbocycles. The number of pyridine rings is 1. The predicted molar refractivity (Wildman–Crippen MR) is 70.1 cm³/mol. The van der Waals surface area contributed by atoms with Gasteiger partial charge in [-0.15, -0.1) is 0 Å². The zero-order chi connectivity index (χ0) is 14.0. The highest BCUT2D eigenvalue weighted by atomic mass is 19.1. The van der Waals surface area contributed by atoms with E-state index in [0.29, 0.717) is 5.82 Å². The van der Waals surface area contributed by atoms with Crippen LogP contribution in [0.5, 0.6) is 0 Å². The zero-order valence-electron chi connectivity index (χ0n) is 11.1. The number of anilines is 1. The summed E-state index contributed by atoms with van der Waals surface area (Å²) in [5.41, 5.74) is -0.0820. The Morgan fingerprint density at radius 3 is 2.74 bits per heavy atom. The Labute approximate surface area is 111 Å². The van der Waals surface area contributed by atoms with Crippen LogP contribution in [0.1, 0.15) is 23.2 Å². The van der Waals surface area contributed by atoms with E-state index < -0.39 is 11.8 Å². The molecule has 0 atom stereocenters. The number of nitrogens with zero attached hydrogens (tertiary/aromatic N) is 3.